The first-order chi connectivity index (χ1) is 4.55. The number of hydrogen-bond donors (Lipinski definition) is 2. The highest BCUT2D eigenvalue weighted by atomic mass is 17.0. The minimum absolute atomic E-state index is 0.204. The van der Waals surface area contributed by atoms with E-state index in [0.717, 1.165) is 0 Å². The molecule has 0 fully saturated rings. The predicted octanol–water partition coefficient (Wildman–Crippen LogP) is 1.88. The van der Waals surface area contributed by atoms with E-state index in [2.05, 4.69) is 0 Å². The molecule has 0 saturated heterocycles. The van der Waals surface area contributed by atoms with Crippen molar-refractivity contribution >= 4 is 5.78 Å². The fourth-order valence-electron chi connectivity index (χ4n) is 0.667. The van der Waals surface area contributed by atoms with Gasteiger partial charge in [0.2, 0.25) is 0 Å². The maximum absolute atomic E-state index is 10.8. The molecule has 0 saturated carbocycles. The molecule has 3 heteroatoms. The van der Waals surface area contributed by atoms with Gasteiger partial charge in [-0.2, -0.15) is 0 Å². The average molecular weight is 148 g/mol. The van der Waals surface area contributed by atoms with E-state index in [4.69, 9.17) is 10.5 Å². The summed E-state index contributed by atoms with van der Waals surface area (Å²) in [4.78, 5) is 10.8. The molecule has 0 bridgehead atoms. The Morgan fingerprint density at radius 3 is 1.20 bits per heavy atom. The Bertz CT molecular complexity index is 76.9. The van der Waals surface area contributed by atoms with Crippen LogP contribution in [0.1, 0.15) is 27.7 Å². The second-order valence-electron chi connectivity index (χ2n) is 2.71. The van der Waals surface area contributed by atoms with Crippen molar-refractivity contribution in [2.45, 2.75) is 27.7 Å². The molecule has 0 atom stereocenters. The summed E-state index contributed by atoms with van der Waals surface area (Å²) in [6, 6.07) is 0. The molecule has 3 nitrogen and oxygen atoms in total. The lowest BCUT2D eigenvalue weighted by Crippen LogP contribution is -2.13. The van der Waals surface area contributed by atoms with Crippen LogP contribution in [0.4, 0.5) is 0 Å². The number of ketones is 1. The highest BCUT2D eigenvalue weighted by Gasteiger charge is 2.09. The zero-order valence-electron chi connectivity index (χ0n) is 6.96. The number of Topliss-reactive ketones (excluding diaryl/α,β-unsaturated/α-hetero) is 1. The van der Waals surface area contributed by atoms with Gasteiger partial charge in [0, 0.05) is 11.8 Å². The summed E-state index contributed by atoms with van der Waals surface area (Å²) < 4.78 is 0. The third kappa shape index (κ3) is 5.72. The van der Waals surface area contributed by atoms with Gasteiger partial charge < -0.3 is 0 Å². The zero-order chi connectivity index (χ0) is 8.73. The fourth-order valence-corrected chi connectivity index (χ4v) is 0.667. The van der Waals surface area contributed by atoms with Crippen molar-refractivity contribution in [1.29, 1.82) is 0 Å². The first-order valence-corrected chi connectivity index (χ1v) is 3.29. The van der Waals surface area contributed by atoms with Gasteiger partial charge in [-0.15, -0.1) is 0 Å². The molecule has 0 aromatic carbocycles. The van der Waals surface area contributed by atoms with Crippen LogP contribution in [0.15, 0.2) is 0 Å². The van der Waals surface area contributed by atoms with Crippen LogP contribution in [0.25, 0.3) is 0 Å². The van der Waals surface area contributed by atoms with Crippen molar-refractivity contribution in [3.63, 3.8) is 0 Å². The third-order valence-corrected chi connectivity index (χ3v) is 1.14. The Labute approximate surface area is 61.6 Å². The third-order valence-electron chi connectivity index (χ3n) is 1.14. The van der Waals surface area contributed by atoms with E-state index >= 15 is 0 Å². The molecule has 0 aromatic heterocycles. The summed E-state index contributed by atoms with van der Waals surface area (Å²) in [5, 5.41) is 12.0. The van der Waals surface area contributed by atoms with Crippen LogP contribution in [-0.4, -0.2) is 16.3 Å². The van der Waals surface area contributed by atoms with Crippen molar-refractivity contribution in [1.82, 2.24) is 0 Å². The lowest BCUT2D eigenvalue weighted by Gasteiger charge is -2.05. The monoisotopic (exact) mass is 148 g/mol. The van der Waals surface area contributed by atoms with Crippen LogP contribution in [-0.2, 0) is 4.79 Å². The molecule has 0 amide bonds. The number of carbonyl (C=O) groups is 1. The van der Waals surface area contributed by atoms with Gasteiger partial charge in [0.25, 0.3) is 0 Å². The molecule has 0 spiro atoms. The highest BCUT2D eigenvalue weighted by molar-refractivity contribution is 5.81. The Kier molecular flexibility index (Phi) is 8.24. The Morgan fingerprint density at radius 2 is 1.20 bits per heavy atom. The number of hydrogen-bond acceptors (Lipinski definition) is 3. The topological polar surface area (TPSA) is 57.5 Å². The van der Waals surface area contributed by atoms with Gasteiger partial charge in [-0.1, -0.05) is 27.7 Å². The fraction of sp³-hybridized carbons (Fsp3) is 0.857. The van der Waals surface area contributed by atoms with Crippen LogP contribution >= 0.6 is 0 Å². The second-order valence-corrected chi connectivity index (χ2v) is 2.71. The molecule has 10 heavy (non-hydrogen) atoms. The van der Waals surface area contributed by atoms with E-state index in [-0.39, 0.29) is 11.8 Å². The molecule has 0 unspecified atom stereocenters. The second kappa shape index (κ2) is 6.71. The van der Waals surface area contributed by atoms with E-state index in [1.807, 2.05) is 27.7 Å². The summed E-state index contributed by atoms with van der Waals surface area (Å²) in [5.41, 5.74) is 0. The lowest BCUT2D eigenvalue weighted by molar-refractivity contribution is -0.176. The molecular formula is C7H16O3. The molecule has 0 rings (SSSR count). The SMILES string of the molecule is CC(C)C(=O)C(C)C.OO. The highest BCUT2D eigenvalue weighted by Crippen LogP contribution is 2.03. The molecule has 0 aliphatic heterocycles. The van der Waals surface area contributed by atoms with Gasteiger partial charge >= 0.3 is 0 Å². The summed E-state index contributed by atoms with van der Waals surface area (Å²) in [6.45, 7) is 7.73. The van der Waals surface area contributed by atoms with E-state index in [1.165, 1.54) is 0 Å². The number of carbonyl (C=O) groups excluding carboxylic acids is 1. The van der Waals surface area contributed by atoms with Crippen molar-refractivity contribution in [2.24, 2.45) is 11.8 Å². The molecule has 0 heterocycles. The Balaban J connectivity index is 0. The van der Waals surface area contributed by atoms with E-state index in [1.54, 1.807) is 0 Å². The largest absolute Gasteiger partial charge is 0.299 e. The maximum atomic E-state index is 10.8. The molecule has 0 radical (unpaired) electrons. The van der Waals surface area contributed by atoms with Gasteiger partial charge in [-0.05, 0) is 0 Å². The van der Waals surface area contributed by atoms with E-state index < -0.39 is 0 Å². The van der Waals surface area contributed by atoms with Crippen LogP contribution in [0, 0.1) is 11.8 Å². The van der Waals surface area contributed by atoms with Gasteiger partial charge in [0.1, 0.15) is 5.78 Å². The number of rotatable bonds is 2. The van der Waals surface area contributed by atoms with Crippen LogP contribution in [0.3, 0.4) is 0 Å². The first kappa shape index (κ1) is 12.3. The summed E-state index contributed by atoms with van der Waals surface area (Å²) in [7, 11) is 0. The molecule has 0 aromatic rings. The summed E-state index contributed by atoms with van der Waals surface area (Å²) in [6.07, 6.45) is 0. The molecule has 2 N–H and O–H groups in total. The average Bonchev–Trinajstić information content (AvgIpc) is 1.90. The summed E-state index contributed by atoms with van der Waals surface area (Å²) in [5.74, 6) is 0.759. The van der Waals surface area contributed by atoms with E-state index in [9.17, 15) is 4.79 Å². The van der Waals surface area contributed by atoms with Crippen LogP contribution in [0.5, 0.6) is 0 Å². The smallest absolute Gasteiger partial charge is 0.137 e. The first-order valence-electron chi connectivity index (χ1n) is 3.29. The molecular weight excluding hydrogens is 132 g/mol. The normalized spacial score (nSPS) is 9.20. The maximum Gasteiger partial charge on any atom is 0.137 e. The lowest BCUT2D eigenvalue weighted by atomic mass is 9.99. The quantitative estimate of drug-likeness (QED) is 0.464. The minimum atomic E-state index is 0.204. The zero-order valence-corrected chi connectivity index (χ0v) is 6.96. The Hall–Kier alpha value is -0.410. The van der Waals surface area contributed by atoms with Crippen molar-refractivity contribution < 1.29 is 15.3 Å². The van der Waals surface area contributed by atoms with Crippen molar-refractivity contribution in [3.05, 3.63) is 0 Å². The summed E-state index contributed by atoms with van der Waals surface area (Å²) >= 11 is 0. The van der Waals surface area contributed by atoms with Crippen molar-refractivity contribution in [3.8, 4) is 0 Å². The van der Waals surface area contributed by atoms with Gasteiger partial charge in [-0.25, -0.2) is 0 Å². The van der Waals surface area contributed by atoms with Crippen LogP contribution in [0.2, 0.25) is 0 Å². The van der Waals surface area contributed by atoms with E-state index in [0.29, 0.717) is 5.78 Å². The standard InChI is InChI=1S/C7H14O.H2O2/c1-5(2)7(8)6(3)4;1-2/h5-6H,1-4H3;1-2H. The Morgan fingerprint density at radius 1 is 1.00 bits per heavy atom. The van der Waals surface area contributed by atoms with Gasteiger partial charge in [-0.3, -0.25) is 15.3 Å². The van der Waals surface area contributed by atoms with Gasteiger partial charge in [0.15, 0.2) is 0 Å². The van der Waals surface area contributed by atoms with Crippen LogP contribution < -0.4 is 0 Å². The van der Waals surface area contributed by atoms with Gasteiger partial charge in [0.05, 0.1) is 0 Å². The molecule has 62 valence electrons. The molecule has 0 aliphatic carbocycles. The van der Waals surface area contributed by atoms with Crippen molar-refractivity contribution in [2.75, 3.05) is 0 Å². The molecule has 0 aliphatic rings. The predicted molar refractivity (Wildman–Crippen MR) is 39.9 cm³/mol. The minimum Gasteiger partial charge on any atom is -0.299 e.